The van der Waals surface area contributed by atoms with Gasteiger partial charge in [-0.3, -0.25) is 9.35 Å². The number of amides is 1. The fourth-order valence-electron chi connectivity index (χ4n) is 5.06. The zero-order chi connectivity index (χ0) is 27.7. The summed E-state index contributed by atoms with van der Waals surface area (Å²) in [5.41, 5.74) is 2.75. The fourth-order valence-corrected chi connectivity index (χ4v) is 5.59. The molecule has 0 bridgehead atoms. The van der Waals surface area contributed by atoms with Gasteiger partial charge in [0.15, 0.2) is 0 Å². The lowest BCUT2D eigenvalue weighted by molar-refractivity contribution is -0.131. The summed E-state index contributed by atoms with van der Waals surface area (Å²) in [5.74, 6) is -1.13. The van der Waals surface area contributed by atoms with Crippen LogP contribution in [0, 0.1) is 11.7 Å². The van der Waals surface area contributed by atoms with Gasteiger partial charge in [0.1, 0.15) is 11.6 Å². The number of anilines is 1. The monoisotopic (exact) mass is 547 g/mol. The smallest absolute Gasteiger partial charge is 0.294 e. The standard InChI is InChI=1S/C30H26FNO6S/c31-22-12-9-19(10-13-22)27(33)16-15-26-29(32(30(26)35)23-6-2-1-3-7-23)25-14-11-21(18-28(25)34)20-5-4-8-24(17-20)39(36,37)38/h1-14,17-18,26-27,29,33-34H,15-16H2,(H,36,37,38). The van der Waals surface area contributed by atoms with Gasteiger partial charge in [-0.1, -0.05) is 54.6 Å². The maximum absolute atomic E-state index is 13.3. The molecule has 0 aromatic heterocycles. The van der Waals surface area contributed by atoms with Crippen LogP contribution in [0.4, 0.5) is 10.1 Å². The van der Waals surface area contributed by atoms with E-state index in [1.165, 1.54) is 48.5 Å². The number of carbonyl (C=O) groups is 1. The Morgan fingerprint density at radius 2 is 1.56 bits per heavy atom. The Bertz CT molecular complexity index is 1610. The lowest BCUT2D eigenvalue weighted by Gasteiger charge is -2.48. The molecule has 4 aromatic rings. The molecule has 1 aliphatic heterocycles. The molecule has 3 unspecified atom stereocenters. The van der Waals surface area contributed by atoms with E-state index in [4.69, 9.17) is 0 Å². The number of hydrogen-bond acceptors (Lipinski definition) is 5. The molecule has 5 rings (SSSR count). The van der Waals surface area contributed by atoms with Gasteiger partial charge in [0.05, 0.1) is 23.0 Å². The van der Waals surface area contributed by atoms with Crippen LogP contribution < -0.4 is 4.90 Å². The molecule has 1 aliphatic rings. The van der Waals surface area contributed by atoms with Crippen LogP contribution in [0.3, 0.4) is 0 Å². The summed E-state index contributed by atoms with van der Waals surface area (Å²) in [7, 11) is -4.39. The summed E-state index contributed by atoms with van der Waals surface area (Å²) in [4.78, 5) is 14.7. The topological polar surface area (TPSA) is 115 Å². The van der Waals surface area contributed by atoms with Crippen molar-refractivity contribution < 1.29 is 32.4 Å². The van der Waals surface area contributed by atoms with Gasteiger partial charge in [-0.2, -0.15) is 8.42 Å². The minimum Gasteiger partial charge on any atom is -0.508 e. The zero-order valence-corrected chi connectivity index (χ0v) is 21.5. The third kappa shape index (κ3) is 5.42. The zero-order valence-electron chi connectivity index (χ0n) is 20.7. The number of β-lactam (4-membered cyclic amide) rings is 1. The number of rotatable bonds is 8. The Kier molecular flexibility index (Phi) is 7.22. The molecule has 0 radical (unpaired) electrons. The number of aliphatic hydroxyl groups excluding tert-OH is 1. The fraction of sp³-hybridized carbons (Fsp3) is 0.167. The molecule has 7 nitrogen and oxygen atoms in total. The normalized spacial score (nSPS) is 18.0. The molecule has 1 fully saturated rings. The first-order valence-electron chi connectivity index (χ1n) is 12.4. The second kappa shape index (κ2) is 10.6. The molecular formula is C30H26FNO6S. The number of nitrogens with zero attached hydrogens (tertiary/aromatic N) is 1. The van der Waals surface area contributed by atoms with Crippen LogP contribution in [-0.4, -0.2) is 29.1 Å². The molecule has 0 spiro atoms. The lowest BCUT2D eigenvalue weighted by Crippen LogP contribution is -2.55. The van der Waals surface area contributed by atoms with Crippen LogP contribution in [0.15, 0.2) is 102 Å². The molecule has 3 N–H and O–H groups in total. The third-order valence-electron chi connectivity index (χ3n) is 7.07. The van der Waals surface area contributed by atoms with E-state index in [0.29, 0.717) is 34.4 Å². The summed E-state index contributed by atoms with van der Waals surface area (Å²) < 4.78 is 45.8. The van der Waals surface area contributed by atoms with Crippen molar-refractivity contribution >= 4 is 21.7 Å². The van der Waals surface area contributed by atoms with Crippen LogP contribution in [0.1, 0.15) is 36.1 Å². The molecule has 200 valence electrons. The van der Waals surface area contributed by atoms with E-state index in [9.17, 15) is 32.4 Å². The maximum atomic E-state index is 13.3. The predicted octanol–water partition coefficient (Wildman–Crippen LogP) is 5.66. The van der Waals surface area contributed by atoms with E-state index in [0.717, 1.165) is 0 Å². The van der Waals surface area contributed by atoms with Crippen LogP contribution in [-0.2, 0) is 14.9 Å². The number of para-hydroxylation sites is 1. The van der Waals surface area contributed by atoms with E-state index in [1.807, 2.05) is 18.2 Å². The first kappa shape index (κ1) is 26.6. The van der Waals surface area contributed by atoms with Crippen molar-refractivity contribution in [1.82, 2.24) is 0 Å². The molecule has 39 heavy (non-hydrogen) atoms. The Hall–Kier alpha value is -4.05. The molecule has 9 heteroatoms. The average molecular weight is 548 g/mol. The Balaban J connectivity index is 1.44. The third-order valence-corrected chi connectivity index (χ3v) is 7.92. The summed E-state index contributed by atoms with van der Waals surface area (Å²) in [5, 5.41) is 21.7. The minimum atomic E-state index is -4.39. The van der Waals surface area contributed by atoms with Crippen molar-refractivity contribution in [3.05, 3.63) is 114 Å². The Morgan fingerprint density at radius 1 is 0.872 bits per heavy atom. The van der Waals surface area contributed by atoms with E-state index in [-0.39, 0.29) is 23.0 Å². The molecule has 1 saturated heterocycles. The van der Waals surface area contributed by atoms with E-state index in [1.54, 1.807) is 35.2 Å². The number of aromatic hydroxyl groups is 1. The molecule has 3 atom stereocenters. The van der Waals surface area contributed by atoms with Crippen molar-refractivity contribution in [2.75, 3.05) is 4.90 Å². The van der Waals surface area contributed by atoms with E-state index < -0.39 is 34.0 Å². The van der Waals surface area contributed by atoms with Crippen molar-refractivity contribution in [3.63, 3.8) is 0 Å². The molecule has 1 heterocycles. The van der Waals surface area contributed by atoms with Gasteiger partial charge in [-0.15, -0.1) is 0 Å². The van der Waals surface area contributed by atoms with Crippen molar-refractivity contribution in [1.29, 1.82) is 0 Å². The predicted molar refractivity (Wildman–Crippen MR) is 144 cm³/mol. The highest BCUT2D eigenvalue weighted by atomic mass is 32.2. The molecule has 1 amide bonds. The number of hydrogen-bond donors (Lipinski definition) is 3. The molecule has 4 aromatic carbocycles. The largest absolute Gasteiger partial charge is 0.508 e. The maximum Gasteiger partial charge on any atom is 0.294 e. The van der Waals surface area contributed by atoms with Gasteiger partial charge in [0.2, 0.25) is 5.91 Å². The number of benzene rings is 4. The molecule has 0 aliphatic carbocycles. The SMILES string of the molecule is O=C1C(CCC(O)c2ccc(F)cc2)C(c2ccc(-c3cccc(S(=O)(=O)O)c3)cc2O)N1c1ccccc1. The highest BCUT2D eigenvalue weighted by Gasteiger charge is 2.49. The van der Waals surface area contributed by atoms with Gasteiger partial charge < -0.3 is 15.1 Å². The van der Waals surface area contributed by atoms with Crippen molar-refractivity contribution in [3.8, 4) is 16.9 Å². The summed E-state index contributed by atoms with van der Waals surface area (Å²) >= 11 is 0. The molecular weight excluding hydrogens is 521 g/mol. The van der Waals surface area contributed by atoms with Crippen LogP contribution in [0.5, 0.6) is 5.75 Å². The Labute approximate surface area is 225 Å². The van der Waals surface area contributed by atoms with Gasteiger partial charge in [0.25, 0.3) is 10.1 Å². The van der Waals surface area contributed by atoms with Gasteiger partial charge in [-0.05, 0) is 72.0 Å². The number of aliphatic hydroxyl groups is 1. The van der Waals surface area contributed by atoms with Crippen molar-refractivity contribution in [2.45, 2.75) is 29.9 Å². The second-order valence-electron chi connectivity index (χ2n) is 9.52. The number of phenolic OH excluding ortho intramolecular Hbond substituents is 1. The summed E-state index contributed by atoms with van der Waals surface area (Å²) in [6.07, 6.45) is -0.276. The number of phenols is 1. The highest BCUT2D eigenvalue weighted by molar-refractivity contribution is 7.85. The van der Waals surface area contributed by atoms with E-state index in [2.05, 4.69) is 0 Å². The van der Waals surface area contributed by atoms with Crippen LogP contribution >= 0.6 is 0 Å². The number of carbonyl (C=O) groups excluding carboxylic acids is 1. The van der Waals surface area contributed by atoms with Gasteiger partial charge in [0, 0.05) is 11.3 Å². The first-order chi connectivity index (χ1) is 18.6. The van der Waals surface area contributed by atoms with Gasteiger partial charge >= 0.3 is 0 Å². The second-order valence-corrected chi connectivity index (χ2v) is 10.9. The average Bonchev–Trinajstić information content (AvgIpc) is 2.92. The summed E-state index contributed by atoms with van der Waals surface area (Å²) in [6.45, 7) is 0. The highest BCUT2D eigenvalue weighted by Crippen LogP contribution is 2.49. The Morgan fingerprint density at radius 3 is 2.23 bits per heavy atom. The summed E-state index contributed by atoms with van der Waals surface area (Å²) in [6, 6.07) is 24.8. The van der Waals surface area contributed by atoms with Crippen LogP contribution in [0.2, 0.25) is 0 Å². The van der Waals surface area contributed by atoms with Crippen LogP contribution in [0.25, 0.3) is 11.1 Å². The first-order valence-corrected chi connectivity index (χ1v) is 13.8. The lowest BCUT2D eigenvalue weighted by atomic mass is 9.77. The minimum absolute atomic E-state index is 0.0766. The van der Waals surface area contributed by atoms with Gasteiger partial charge in [-0.25, -0.2) is 4.39 Å². The van der Waals surface area contributed by atoms with E-state index >= 15 is 0 Å². The van der Waals surface area contributed by atoms with Crippen molar-refractivity contribution in [2.24, 2.45) is 5.92 Å². The number of halogens is 1. The molecule has 0 saturated carbocycles. The quantitative estimate of drug-likeness (QED) is 0.194.